The SMILES string of the molecule is CC(CO)(CO)NC(=O)C1=NN(c2ccccc2)[C@@H](c2ccccc2)C1. The molecule has 2 aromatic carbocycles. The number of hydrogen-bond acceptors (Lipinski definition) is 5. The molecule has 1 aliphatic heterocycles. The zero-order valence-electron chi connectivity index (χ0n) is 14.7. The van der Waals surface area contributed by atoms with Gasteiger partial charge in [0.25, 0.3) is 5.91 Å². The van der Waals surface area contributed by atoms with Crippen molar-refractivity contribution >= 4 is 17.3 Å². The molecule has 3 rings (SSSR count). The van der Waals surface area contributed by atoms with E-state index in [4.69, 9.17) is 0 Å². The maximum absolute atomic E-state index is 12.6. The maximum Gasteiger partial charge on any atom is 0.268 e. The predicted octanol–water partition coefficient (Wildman–Crippen LogP) is 1.85. The standard InChI is InChI=1S/C20H23N3O3/c1-20(13-24,14-25)21-19(26)17-12-18(15-8-4-2-5-9-15)23(22-17)16-10-6-3-7-11-16/h2-11,18,24-25H,12-14H2,1H3,(H,21,26)/t18-/m1/s1. The van der Waals surface area contributed by atoms with Crippen molar-refractivity contribution in [1.82, 2.24) is 5.32 Å². The molecule has 1 atom stereocenters. The summed E-state index contributed by atoms with van der Waals surface area (Å²) in [5.41, 5.74) is 1.25. The highest BCUT2D eigenvalue weighted by molar-refractivity contribution is 6.40. The number of aliphatic hydroxyl groups excluding tert-OH is 2. The molecule has 136 valence electrons. The van der Waals surface area contributed by atoms with Crippen molar-refractivity contribution in [1.29, 1.82) is 0 Å². The van der Waals surface area contributed by atoms with Gasteiger partial charge in [0, 0.05) is 6.42 Å². The van der Waals surface area contributed by atoms with E-state index < -0.39 is 5.54 Å². The van der Waals surface area contributed by atoms with Crippen LogP contribution in [0.3, 0.4) is 0 Å². The molecule has 26 heavy (non-hydrogen) atoms. The molecule has 1 aliphatic rings. The zero-order valence-corrected chi connectivity index (χ0v) is 14.7. The van der Waals surface area contributed by atoms with Gasteiger partial charge in [0.2, 0.25) is 0 Å². The van der Waals surface area contributed by atoms with Crippen LogP contribution < -0.4 is 10.3 Å². The third-order valence-electron chi connectivity index (χ3n) is 4.49. The summed E-state index contributed by atoms with van der Waals surface area (Å²) in [6, 6.07) is 19.5. The number of carbonyl (C=O) groups excluding carboxylic acids is 1. The molecule has 6 heteroatoms. The third kappa shape index (κ3) is 3.76. The van der Waals surface area contributed by atoms with Crippen molar-refractivity contribution in [3.05, 3.63) is 66.2 Å². The molecule has 6 nitrogen and oxygen atoms in total. The van der Waals surface area contributed by atoms with Crippen molar-refractivity contribution in [3.8, 4) is 0 Å². The number of carbonyl (C=O) groups is 1. The highest BCUT2D eigenvalue weighted by atomic mass is 16.3. The van der Waals surface area contributed by atoms with Gasteiger partial charge in [-0.1, -0.05) is 48.5 Å². The summed E-state index contributed by atoms with van der Waals surface area (Å²) in [5.74, 6) is -0.380. The minimum absolute atomic E-state index is 0.0890. The Balaban J connectivity index is 1.89. The van der Waals surface area contributed by atoms with Crippen molar-refractivity contribution in [2.24, 2.45) is 5.10 Å². The van der Waals surface area contributed by atoms with Gasteiger partial charge in [-0.3, -0.25) is 9.80 Å². The Bertz CT molecular complexity index is 773. The number of hydrazone groups is 1. The van der Waals surface area contributed by atoms with Crippen molar-refractivity contribution in [3.63, 3.8) is 0 Å². The van der Waals surface area contributed by atoms with Crippen LogP contribution in [0.15, 0.2) is 65.8 Å². The third-order valence-corrected chi connectivity index (χ3v) is 4.49. The number of anilines is 1. The Morgan fingerprint density at radius 3 is 2.27 bits per heavy atom. The van der Waals surface area contributed by atoms with E-state index >= 15 is 0 Å². The first-order chi connectivity index (χ1) is 12.6. The average molecular weight is 353 g/mol. The van der Waals surface area contributed by atoms with E-state index in [0.29, 0.717) is 12.1 Å². The molecule has 0 fully saturated rings. The molecule has 2 aromatic rings. The predicted molar refractivity (Wildman–Crippen MR) is 101 cm³/mol. The quantitative estimate of drug-likeness (QED) is 0.740. The molecule has 0 spiro atoms. The Morgan fingerprint density at radius 1 is 1.12 bits per heavy atom. The van der Waals surface area contributed by atoms with Gasteiger partial charge in [0.1, 0.15) is 5.71 Å². The normalized spacial score (nSPS) is 17.1. The Morgan fingerprint density at radius 2 is 1.69 bits per heavy atom. The molecule has 0 radical (unpaired) electrons. The molecule has 0 saturated carbocycles. The lowest BCUT2D eigenvalue weighted by Gasteiger charge is -2.25. The minimum atomic E-state index is -1.08. The second-order valence-electron chi connectivity index (χ2n) is 6.69. The van der Waals surface area contributed by atoms with Crippen molar-refractivity contribution in [2.45, 2.75) is 24.9 Å². The average Bonchev–Trinajstić information content (AvgIpc) is 3.15. The first kappa shape index (κ1) is 18.1. The zero-order chi connectivity index (χ0) is 18.6. The molecule has 0 unspecified atom stereocenters. The number of benzene rings is 2. The number of rotatable bonds is 6. The van der Waals surface area contributed by atoms with Gasteiger partial charge < -0.3 is 15.5 Å². The molecule has 0 bridgehead atoms. The summed E-state index contributed by atoms with van der Waals surface area (Å²) < 4.78 is 0. The highest BCUT2D eigenvalue weighted by Crippen LogP contribution is 2.35. The van der Waals surface area contributed by atoms with E-state index in [1.165, 1.54) is 0 Å². The van der Waals surface area contributed by atoms with Crippen LogP contribution in [0.4, 0.5) is 5.69 Å². The molecular formula is C20H23N3O3. The van der Waals surface area contributed by atoms with Gasteiger partial charge in [-0.15, -0.1) is 0 Å². The monoisotopic (exact) mass is 353 g/mol. The molecule has 0 saturated heterocycles. The Hall–Kier alpha value is -2.70. The van der Waals surface area contributed by atoms with Gasteiger partial charge >= 0.3 is 0 Å². The fourth-order valence-electron chi connectivity index (χ4n) is 2.88. The molecule has 1 heterocycles. The number of para-hydroxylation sites is 1. The van der Waals surface area contributed by atoms with Crippen molar-refractivity contribution in [2.75, 3.05) is 18.2 Å². The summed E-state index contributed by atoms with van der Waals surface area (Å²) in [6.07, 6.45) is 0.442. The summed E-state index contributed by atoms with van der Waals surface area (Å²) in [6.45, 7) is 0.879. The van der Waals surface area contributed by atoms with Gasteiger partial charge in [-0.2, -0.15) is 5.10 Å². The molecule has 3 N–H and O–H groups in total. The van der Waals surface area contributed by atoms with Crippen molar-refractivity contribution < 1.29 is 15.0 Å². The lowest BCUT2D eigenvalue weighted by atomic mass is 10.00. The maximum atomic E-state index is 12.6. The number of nitrogens with one attached hydrogen (secondary N) is 1. The fourth-order valence-corrected chi connectivity index (χ4v) is 2.88. The van der Waals surface area contributed by atoms with E-state index in [1.807, 2.05) is 65.7 Å². The van der Waals surface area contributed by atoms with Crippen LogP contribution >= 0.6 is 0 Å². The minimum Gasteiger partial charge on any atom is -0.394 e. The van der Waals surface area contributed by atoms with Crippen LogP contribution in [0, 0.1) is 0 Å². The fraction of sp³-hybridized carbons (Fsp3) is 0.300. The van der Waals surface area contributed by atoms with Gasteiger partial charge in [0.15, 0.2) is 0 Å². The second-order valence-corrected chi connectivity index (χ2v) is 6.69. The number of hydrogen-bond donors (Lipinski definition) is 3. The van der Waals surface area contributed by atoms with Crippen LogP contribution in [-0.2, 0) is 4.79 Å². The number of amides is 1. The summed E-state index contributed by atoms with van der Waals surface area (Å²) in [7, 11) is 0. The van der Waals surface area contributed by atoms with Crippen LogP contribution in [-0.4, -0.2) is 40.6 Å². The Labute approximate surface area is 152 Å². The lowest BCUT2D eigenvalue weighted by molar-refractivity contribution is -0.117. The van der Waals surface area contributed by atoms with Crippen LogP contribution in [0.5, 0.6) is 0 Å². The lowest BCUT2D eigenvalue weighted by Crippen LogP contribution is -2.53. The molecule has 0 aromatic heterocycles. The number of aliphatic hydroxyl groups is 2. The highest BCUT2D eigenvalue weighted by Gasteiger charge is 2.34. The van der Waals surface area contributed by atoms with Gasteiger partial charge in [-0.05, 0) is 24.6 Å². The summed E-state index contributed by atoms with van der Waals surface area (Å²) >= 11 is 0. The molecule has 0 aliphatic carbocycles. The van der Waals surface area contributed by atoms with E-state index in [1.54, 1.807) is 6.92 Å². The summed E-state index contributed by atoms with van der Waals surface area (Å²) in [4.78, 5) is 12.6. The van der Waals surface area contributed by atoms with Gasteiger partial charge in [0.05, 0.1) is 30.5 Å². The van der Waals surface area contributed by atoms with Crippen LogP contribution in [0.1, 0.15) is 24.9 Å². The van der Waals surface area contributed by atoms with E-state index in [2.05, 4.69) is 10.4 Å². The van der Waals surface area contributed by atoms with E-state index in [0.717, 1.165) is 11.3 Å². The van der Waals surface area contributed by atoms with Crippen LogP contribution in [0.25, 0.3) is 0 Å². The topological polar surface area (TPSA) is 85.2 Å². The van der Waals surface area contributed by atoms with E-state index in [9.17, 15) is 15.0 Å². The first-order valence-corrected chi connectivity index (χ1v) is 8.57. The van der Waals surface area contributed by atoms with E-state index in [-0.39, 0.29) is 25.2 Å². The summed E-state index contributed by atoms with van der Waals surface area (Å²) in [5, 5.41) is 27.9. The molecular weight excluding hydrogens is 330 g/mol. The first-order valence-electron chi connectivity index (χ1n) is 8.57. The molecule has 1 amide bonds. The second kappa shape index (κ2) is 7.68. The largest absolute Gasteiger partial charge is 0.394 e. The van der Waals surface area contributed by atoms with Gasteiger partial charge in [-0.25, -0.2) is 0 Å². The number of nitrogens with zero attached hydrogens (tertiary/aromatic N) is 2. The van der Waals surface area contributed by atoms with Crippen LogP contribution in [0.2, 0.25) is 0 Å². The smallest absolute Gasteiger partial charge is 0.268 e. The Kier molecular flexibility index (Phi) is 5.35.